The minimum absolute atomic E-state index is 0. The topological polar surface area (TPSA) is 64.4 Å². The van der Waals surface area contributed by atoms with E-state index in [9.17, 15) is 4.79 Å². The normalized spacial score (nSPS) is 14.7. The summed E-state index contributed by atoms with van der Waals surface area (Å²) in [5.41, 5.74) is 7.31. The van der Waals surface area contributed by atoms with Crippen LogP contribution in [0.4, 0.5) is 5.69 Å². The molecule has 1 fully saturated rings. The molecule has 1 saturated carbocycles. The summed E-state index contributed by atoms with van der Waals surface area (Å²) in [6, 6.07) is 7.41. The van der Waals surface area contributed by atoms with Gasteiger partial charge in [-0.3, -0.25) is 4.79 Å². The fourth-order valence-corrected chi connectivity index (χ4v) is 2.49. The van der Waals surface area contributed by atoms with E-state index in [0.29, 0.717) is 19.1 Å². The first kappa shape index (κ1) is 17.8. The van der Waals surface area contributed by atoms with Crippen LogP contribution in [0.3, 0.4) is 0 Å². The lowest BCUT2D eigenvalue weighted by molar-refractivity contribution is -0.120. The smallest absolute Gasteiger partial charge is 0.224 e. The molecule has 0 radical (unpaired) electrons. The lowest BCUT2D eigenvalue weighted by atomic mass is 10.1. The molecule has 118 valence electrons. The Morgan fingerprint density at radius 1 is 1.24 bits per heavy atom. The van der Waals surface area contributed by atoms with Gasteiger partial charge in [-0.05, 0) is 37.0 Å². The number of ether oxygens (including phenoxy) is 1. The van der Waals surface area contributed by atoms with Gasteiger partial charge in [-0.15, -0.1) is 12.4 Å². The molecule has 1 aromatic carbocycles. The van der Waals surface area contributed by atoms with E-state index >= 15 is 0 Å². The van der Waals surface area contributed by atoms with Crippen molar-refractivity contribution in [1.29, 1.82) is 0 Å². The Morgan fingerprint density at radius 2 is 1.90 bits per heavy atom. The molecular weight excluding hydrogens is 288 g/mol. The standard InChI is InChI=1S/C16H24N2O2.ClH/c17-14-8-6-13(7-9-14)12-16(19)18-10-3-11-20-15-4-1-2-5-15;/h6-9,15H,1-5,10-12,17H2,(H,18,19);1H. The number of hydrogen-bond acceptors (Lipinski definition) is 3. The first-order valence-corrected chi connectivity index (χ1v) is 7.47. The highest BCUT2D eigenvalue weighted by molar-refractivity contribution is 5.85. The molecule has 0 unspecified atom stereocenters. The van der Waals surface area contributed by atoms with Crippen molar-refractivity contribution in [1.82, 2.24) is 5.32 Å². The Balaban J connectivity index is 0.00000220. The number of nitrogens with two attached hydrogens (primary N) is 1. The van der Waals surface area contributed by atoms with Gasteiger partial charge in [-0.25, -0.2) is 0 Å². The number of amides is 1. The monoisotopic (exact) mass is 312 g/mol. The van der Waals surface area contributed by atoms with Gasteiger partial charge < -0.3 is 15.8 Å². The van der Waals surface area contributed by atoms with E-state index in [0.717, 1.165) is 24.3 Å². The molecule has 21 heavy (non-hydrogen) atoms. The average molecular weight is 313 g/mol. The van der Waals surface area contributed by atoms with Crippen LogP contribution in [0.25, 0.3) is 0 Å². The maximum absolute atomic E-state index is 11.7. The number of nitrogen functional groups attached to an aromatic ring is 1. The molecule has 0 spiro atoms. The quantitative estimate of drug-likeness (QED) is 0.601. The fourth-order valence-electron chi connectivity index (χ4n) is 2.49. The molecule has 5 heteroatoms. The second kappa shape index (κ2) is 9.64. The molecule has 3 N–H and O–H groups in total. The van der Waals surface area contributed by atoms with Gasteiger partial charge in [0.15, 0.2) is 0 Å². The SMILES string of the molecule is Cl.Nc1ccc(CC(=O)NCCCOC2CCCC2)cc1. The molecule has 1 aliphatic carbocycles. The Morgan fingerprint density at radius 3 is 2.57 bits per heavy atom. The average Bonchev–Trinajstić information content (AvgIpc) is 2.94. The summed E-state index contributed by atoms with van der Waals surface area (Å²) >= 11 is 0. The number of halogens is 1. The van der Waals surface area contributed by atoms with Crippen molar-refractivity contribution < 1.29 is 9.53 Å². The Kier molecular flexibility index (Phi) is 8.16. The second-order valence-corrected chi connectivity index (χ2v) is 5.40. The van der Waals surface area contributed by atoms with Gasteiger partial charge in [-0.2, -0.15) is 0 Å². The number of carbonyl (C=O) groups is 1. The molecule has 0 saturated heterocycles. The van der Waals surface area contributed by atoms with Crippen molar-refractivity contribution in [2.45, 2.75) is 44.6 Å². The molecule has 1 aliphatic rings. The summed E-state index contributed by atoms with van der Waals surface area (Å²) in [5.74, 6) is 0.0515. The van der Waals surface area contributed by atoms with Crippen molar-refractivity contribution >= 4 is 24.0 Å². The van der Waals surface area contributed by atoms with Crippen LogP contribution in [0.1, 0.15) is 37.7 Å². The van der Waals surface area contributed by atoms with Gasteiger partial charge in [-0.1, -0.05) is 25.0 Å². The van der Waals surface area contributed by atoms with Crippen molar-refractivity contribution in [3.05, 3.63) is 29.8 Å². The van der Waals surface area contributed by atoms with Gasteiger partial charge in [0.25, 0.3) is 0 Å². The molecule has 1 amide bonds. The number of rotatable bonds is 7. The van der Waals surface area contributed by atoms with Gasteiger partial charge in [0.05, 0.1) is 12.5 Å². The van der Waals surface area contributed by atoms with E-state index < -0.39 is 0 Å². The second-order valence-electron chi connectivity index (χ2n) is 5.40. The lowest BCUT2D eigenvalue weighted by Gasteiger charge is -2.11. The van der Waals surface area contributed by atoms with Crippen LogP contribution in [0.2, 0.25) is 0 Å². The van der Waals surface area contributed by atoms with Crippen LogP contribution in [-0.4, -0.2) is 25.2 Å². The molecular formula is C16H25ClN2O2. The summed E-state index contributed by atoms with van der Waals surface area (Å²) in [4.78, 5) is 11.7. The maximum atomic E-state index is 11.7. The first-order valence-electron chi connectivity index (χ1n) is 7.47. The maximum Gasteiger partial charge on any atom is 0.224 e. The highest BCUT2D eigenvalue weighted by Crippen LogP contribution is 2.20. The first-order chi connectivity index (χ1) is 9.74. The summed E-state index contributed by atoms with van der Waals surface area (Å²) in [7, 11) is 0. The predicted molar refractivity (Wildman–Crippen MR) is 87.6 cm³/mol. The summed E-state index contributed by atoms with van der Waals surface area (Å²) < 4.78 is 5.75. The molecule has 0 atom stereocenters. The largest absolute Gasteiger partial charge is 0.399 e. The molecule has 1 aromatic rings. The predicted octanol–water partition coefficient (Wildman–Crippen LogP) is 2.70. The number of anilines is 1. The summed E-state index contributed by atoms with van der Waals surface area (Å²) in [6.07, 6.45) is 6.73. The van der Waals surface area contributed by atoms with E-state index in [-0.39, 0.29) is 18.3 Å². The molecule has 0 bridgehead atoms. The van der Waals surface area contributed by atoms with E-state index in [1.807, 2.05) is 24.3 Å². The zero-order valence-corrected chi connectivity index (χ0v) is 13.2. The third kappa shape index (κ3) is 6.82. The van der Waals surface area contributed by atoms with Crippen molar-refractivity contribution in [2.24, 2.45) is 0 Å². The van der Waals surface area contributed by atoms with Gasteiger partial charge >= 0.3 is 0 Å². The molecule has 2 rings (SSSR count). The number of nitrogens with one attached hydrogen (secondary N) is 1. The molecule has 0 aromatic heterocycles. The lowest BCUT2D eigenvalue weighted by Crippen LogP contribution is -2.27. The van der Waals surface area contributed by atoms with E-state index in [4.69, 9.17) is 10.5 Å². The van der Waals surface area contributed by atoms with Gasteiger partial charge in [0.2, 0.25) is 5.91 Å². The Hall–Kier alpha value is -1.26. The zero-order valence-electron chi connectivity index (χ0n) is 12.3. The highest BCUT2D eigenvalue weighted by atomic mass is 35.5. The van der Waals surface area contributed by atoms with Crippen molar-refractivity contribution in [3.8, 4) is 0 Å². The van der Waals surface area contributed by atoms with Gasteiger partial charge in [0, 0.05) is 18.8 Å². The van der Waals surface area contributed by atoms with Gasteiger partial charge in [0.1, 0.15) is 0 Å². The Labute approximate surface area is 132 Å². The molecule has 0 aliphatic heterocycles. The highest BCUT2D eigenvalue weighted by Gasteiger charge is 2.14. The number of carbonyl (C=O) groups excluding carboxylic acids is 1. The molecule has 4 nitrogen and oxygen atoms in total. The zero-order chi connectivity index (χ0) is 14.2. The molecule has 0 heterocycles. The third-order valence-corrected chi connectivity index (χ3v) is 3.64. The van der Waals surface area contributed by atoms with Crippen LogP contribution in [0.5, 0.6) is 0 Å². The summed E-state index contributed by atoms with van der Waals surface area (Å²) in [6.45, 7) is 1.42. The van der Waals surface area contributed by atoms with Crippen LogP contribution in [0.15, 0.2) is 24.3 Å². The fraction of sp³-hybridized carbons (Fsp3) is 0.562. The van der Waals surface area contributed by atoms with E-state index in [1.165, 1.54) is 25.7 Å². The van der Waals surface area contributed by atoms with Crippen LogP contribution < -0.4 is 11.1 Å². The Bertz CT molecular complexity index is 417. The van der Waals surface area contributed by atoms with Crippen molar-refractivity contribution in [3.63, 3.8) is 0 Å². The minimum Gasteiger partial charge on any atom is -0.399 e. The van der Waals surface area contributed by atoms with Crippen molar-refractivity contribution in [2.75, 3.05) is 18.9 Å². The van der Waals surface area contributed by atoms with Crippen LogP contribution in [0, 0.1) is 0 Å². The van der Waals surface area contributed by atoms with Crippen LogP contribution >= 0.6 is 12.4 Å². The van der Waals surface area contributed by atoms with E-state index in [1.54, 1.807) is 0 Å². The number of hydrogen-bond donors (Lipinski definition) is 2. The van der Waals surface area contributed by atoms with E-state index in [2.05, 4.69) is 5.32 Å². The van der Waals surface area contributed by atoms with Crippen LogP contribution in [-0.2, 0) is 16.0 Å². The third-order valence-electron chi connectivity index (χ3n) is 3.64. The minimum atomic E-state index is 0. The summed E-state index contributed by atoms with van der Waals surface area (Å²) in [5, 5.41) is 2.92. The number of benzene rings is 1.